The Hall–Kier alpha value is -1.85. The molecule has 1 saturated heterocycles. The highest BCUT2D eigenvalue weighted by atomic mass is 16.5. The molecule has 1 saturated carbocycles. The van der Waals surface area contributed by atoms with Crippen LogP contribution in [0.5, 0.6) is 5.75 Å². The highest BCUT2D eigenvalue weighted by Gasteiger charge is 2.46. The van der Waals surface area contributed by atoms with Crippen molar-refractivity contribution in [2.24, 2.45) is 11.8 Å². The fraction of sp³-hybridized carbons (Fsp3) is 0.609. The molecule has 0 bridgehead atoms. The first-order valence-electron chi connectivity index (χ1n) is 10.8. The van der Waals surface area contributed by atoms with Crippen molar-refractivity contribution in [3.63, 3.8) is 0 Å². The zero-order chi connectivity index (χ0) is 19.4. The fourth-order valence-corrected chi connectivity index (χ4v) is 4.74. The summed E-state index contributed by atoms with van der Waals surface area (Å²) in [5.74, 6) is 1.84. The lowest BCUT2D eigenvalue weighted by molar-refractivity contribution is -0.128. The molecule has 1 N–H and O–H groups in total. The van der Waals surface area contributed by atoms with Gasteiger partial charge in [0.1, 0.15) is 5.75 Å². The molecule has 0 radical (unpaired) electrons. The van der Waals surface area contributed by atoms with E-state index in [1.165, 1.54) is 24.8 Å². The number of piperidine rings is 1. The van der Waals surface area contributed by atoms with Crippen LogP contribution in [0, 0.1) is 11.8 Å². The van der Waals surface area contributed by atoms with Crippen molar-refractivity contribution >= 4 is 0 Å². The number of benzene rings is 1. The molecule has 5 nitrogen and oxygen atoms in total. The molecule has 1 aromatic heterocycles. The van der Waals surface area contributed by atoms with E-state index < -0.39 is 5.60 Å². The SMILES string of the molecule is C[C@@H]1CN(Cc2ccccc2OCCCn2ccnc2)CC[C@@]1(O)C1CCC1. The van der Waals surface area contributed by atoms with Crippen molar-refractivity contribution in [3.05, 3.63) is 48.5 Å². The van der Waals surface area contributed by atoms with Crippen molar-refractivity contribution < 1.29 is 9.84 Å². The molecule has 0 unspecified atom stereocenters. The monoisotopic (exact) mass is 383 g/mol. The van der Waals surface area contributed by atoms with Gasteiger partial charge in [-0.15, -0.1) is 0 Å². The van der Waals surface area contributed by atoms with Crippen LogP contribution in [-0.4, -0.2) is 44.9 Å². The molecule has 2 heterocycles. The lowest BCUT2D eigenvalue weighted by Crippen LogP contribution is -2.56. The predicted octanol–water partition coefficient (Wildman–Crippen LogP) is 3.73. The normalized spacial score (nSPS) is 26.1. The smallest absolute Gasteiger partial charge is 0.123 e. The average Bonchev–Trinajstić information content (AvgIpc) is 3.15. The minimum Gasteiger partial charge on any atom is -0.493 e. The van der Waals surface area contributed by atoms with E-state index in [0.717, 1.165) is 44.8 Å². The molecular weight excluding hydrogens is 350 g/mol. The molecule has 1 aromatic carbocycles. The van der Waals surface area contributed by atoms with Crippen LogP contribution in [0.2, 0.25) is 0 Å². The summed E-state index contributed by atoms with van der Waals surface area (Å²) in [5.41, 5.74) is 0.796. The van der Waals surface area contributed by atoms with Crippen molar-refractivity contribution in [1.82, 2.24) is 14.5 Å². The second kappa shape index (κ2) is 8.66. The second-order valence-electron chi connectivity index (χ2n) is 8.62. The van der Waals surface area contributed by atoms with Crippen LogP contribution in [-0.2, 0) is 13.1 Å². The van der Waals surface area contributed by atoms with Crippen molar-refractivity contribution in [2.75, 3.05) is 19.7 Å². The molecule has 0 amide bonds. The van der Waals surface area contributed by atoms with Gasteiger partial charge in [0.25, 0.3) is 0 Å². The van der Waals surface area contributed by atoms with Gasteiger partial charge in [-0.3, -0.25) is 4.90 Å². The first-order valence-corrected chi connectivity index (χ1v) is 10.8. The van der Waals surface area contributed by atoms with E-state index in [9.17, 15) is 5.11 Å². The summed E-state index contributed by atoms with van der Waals surface area (Å²) >= 11 is 0. The van der Waals surface area contributed by atoms with Gasteiger partial charge in [-0.05, 0) is 43.6 Å². The zero-order valence-corrected chi connectivity index (χ0v) is 17.0. The minimum atomic E-state index is -0.446. The molecule has 1 aliphatic carbocycles. The van der Waals surface area contributed by atoms with E-state index in [4.69, 9.17) is 4.74 Å². The number of nitrogens with zero attached hydrogens (tertiary/aromatic N) is 3. The Morgan fingerprint density at radius 1 is 1.29 bits per heavy atom. The first kappa shape index (κ1) is 19.5. The topological polar surface area (TPSA) is 50.5 Å². The Morgan fingerprint density at radius 2 is 2.14 bits per heavy atom. The number of likely N-dealkylation sites (tertiary alicyclic amines) is 1. The Labute approximate surface area is 168 Å². The van der Waals surface area contributed by atoms with Gasteiger partial charge in [-0.25, -0.2) is 4.98 Å². The van der Waals surface area contributed by atoms with Gasteiger partial charge < -0.3 is 14.4 Å². The molecule has 2 fully saturated rings. The van der Waals surface area contributed by atoms with Crippen molar-refractivity contribution in [1.29, 1.82) is 0 Å². The number of hydrogen-bond acceptors (Lipinski definition) is 4. The van der Waals surface area contributed by atoms with Gasteiger partial charge in [0.15, 0.2) is 0 Å². The number of aryl methyl sites for hydroxylation is 1. The summed E-state index contributed by atoms with van der Waals surface area (Å²) < 4.78 is 8.18. The Morgan fingerprint density at radius 3 is 2.86 bits per heavy atom. The highest BCUT2D eigenvalue weighted by molar-refractivity contribution is 5.33. The lowest BCUT2D eigenvalue weighted by Gasteiger charge is -2.50. The van der Waals surface area contributed by atoms with Crippen LogP contribution >= 0.6 is 0 Å². The molecule has 1 aliphatic heterocycles. The van der Waals surface area contributed by atoms with Crippen molar-refractivity contribution in [2.45, 2.75) is 57.7 Å². The summed E-state index contributed by atoms with van der Waals surface area (Å²) in [7, 11) is 0. The minimum absolute atomic E-state index is 0.329. The van der Waals surface area contributed by atoms with Crippen LogP contribution in [0.1, 0.15) is 44.6 Å². The zero-order valence-electron chi connectivity index (χ0n) is 17.0. The highest BCUT2D eigenvalue weighted by Crippen LogP contribution is 2.44. The number of aliphatic hydroxyl groups is 1. The van der Waals surface area contributed by atoms with Gasteiger partial charge in [0.2, 0.25) is 0 Å². The fourth-order valence-electron chi connectivity index (χ4n) is 4.74. The van der Waals surface area contributed by atoms with E-state index in [1.54, 1.807) is 0 Å². The first-order chi connectivity index (χ1) is 13.6. The average molecular weight is 384 g/mol. The molecule has 152 valence electrons. The van der Waals surface area contributed by atoms with Gasteiger partial charge in [0.05, 0.1) is 18.5 Å². The number of hydrogen-bond donors (Lipinski definition) is 1. The molecule has 0 spiro atoms. The summed E-state index contributed by atoms with van der Waals surface area (Å²) in [6.07, 6.45) is 11.2. The summed E-state index contributed by atoms with van der Waals surface area (Å²) in [5, 5.41) is 11.2. The number of para-hydroxylation sites is 1. The number of rotatable bonds is 8. The second-order valence-corrected chi connectivity index (χ2v) is 8.62. The quantitative estimate of drug-likeness (QED) is 0.706. The third-order valence-corrected chi connectivity index (χ3v) is 6.77. The number of aromatic nitrogens is 2. The summed E-state index contributed by atoms with van der Waals surface area (Å²) in [6, 6.07) is 8.38. The van der Waals surface area contributed by atoms with Crippen LogP contribution < -0.4 is 4.74 Å². The van der Waals surface area contributed by atoms with Crippen LogP contribution in [0.3, 0.4) is 0 Å². The number of imidazole rings is 1. The molecular formula is C23H33N3O2. The predicted molar refractivity (Wildman–Crippen MR) is 110 cm³/mol. The molecule has 2 aliphatic rings. The van der Waals surface area contributed by atoms with Crippen LogP contribution in [0.15, 0.2) is 43.0 Å². The number of ether oxygens (including phenoxy) is 1. The van der Waals surface area contributed by atoms with Gasteiger partial charge in [-0.1, -0.05) is 31.5 Å². The maximum absolute atomic E-state index is 11.2. The van der Waals surface area contributed by atoms with Crippen LogP contribution in [0.4, 0.5) is 0 Å². The Bertz CT molecular complexity index is 744. The van der Waals surface area contributed by atoms with E-state index in [2.05, 4.69) is 39.6 Å². The summed E-state index contributed by atoms with van der Waals surface area (Å²) in [6.45, 7) is 6.67. The van der Waals surface area contributed by atoms with Crippen LogP contribution in [0.25, 0.3) is 0 Å². The van der Waals surface area contributed by atoms with E-state index >= 15 is 0 Å². The van der Waals surface area contributed by atoms with E-state index in [-0.39, 0.29) is 0 Å². The maximum Gasteiger partial charge on any atom is 0.123 e. The maximum atomic E-state index is 11.2. The van der Waals surface area contributed by atoms with Gasteiger partial charge in [-0.2, -0.15) is 0 Å². The Kier molecular flexibility index (Phi) is 6.02. The van der Waals surface area contributed by atoms with Gasteiger partial charge >= 0.3 is 0 Å². The van der Waals surface area contributed by atoms with E-state index in [1.807, 2.05) is 24.8 Å². The molecule has 4 rings (SSSR count). The largest absolute Gasteiger partial charge is 0.493 e. The van der Waals surface area contributed by atoms with Crippen molar-refractivity contribution in [3.8, 4) is 5.75 Å². The molecule has 28 heavy (non-hydrogen) atoms. The third-order valence-electron chi connectivity index (χ3n) is 6.77. The molecule has 2 aromatic rings. The van der Waals surface area contributed by atoms with Gasteiger partial charge in [0, 0.05) is 44.1 Å². The van der Waals surface area contributed by atoms with E-state index in [0.29, 0.717) is 18.4 Å². The molecule has 2 atom stereocenters. The Balaban J connectivity index is 1.30. The molecule has 5 heteroatoms. The third kappa shape index (κ3) is 4.26. The standard InChI is InChI=1S/C23H33N3O2/c1-19-16-26(13-10-23(19,27)21-7-4-8-21)17-20-6-2-3-9-22(20)28-15-5-12-25-14-11-24-18-25/h2-3,6,9,11,14,18-19,21,27H,4-5,7-8,10,12-13,15-17H2,1H3/t19-,23+/m1/s1. The lowest BCUT2D eigenvalue weighted by atomic mass is 9.65. The summed E-state index contributed by atoms with van der Waals surface area (Å²) in [4.78, 5) is 6.55.